The van der Waals surface area contributed by atoms with Crippen LogP contribution >= 0.6 is 12.4 Å². The molecule has 4 rings (SSSR count). The molecule has 0 unspecified atom stereocenters. The molecule has 1 saturated heterocycles. The molecule has 0 bridgehead atoms. The summed E-state index contributed by atoms with van der Waals surface area (Å²) in [6.07, 6.45) is 5.45. The van der Waals surface area contributed by atoms with Gasteiger partial charge in [0.2, 0.25) is 0 Å². The quantitative estimate of drug-likeness (QED) is 0.849. The number of carbonyl (C=O) groups excluding carboxylic acids is 1. The first kappa shape index (κ1) is 12.9. The minimum Gasteiger partial charge on any atom is -0.360 e. The first-order chi connectivity index (χ1) is 8.80. The number of carbonyl (C=O) groups is 1. The van der Waals surface area contributed by atoms with E-state index in [0.717, 1.165) is 56.5 Å². The van der Waals surface area contributed by atoms with Crippen LogP contribution < -0.4 is 5.32 Å². The Morgan fingerprint density at radius 1 is 1.37 bits per heavy atom. The van der Waals surface area contributed by atoms with Crippen molar-refractivity contribution in [1.82, 2.24) is 15.4 Å². The van der Waals surface area contributed by atoms with E-state index in [1.807, 2.05) is 4.90 Å². The number of aromatic nitrogens is 1. The molecule has 3 aliphatic rings. The molecule has 6 heteroatoms. The lowest BCUT2D eigenvalue weighted by atomic mass is 10.1. The lowest BCUT2D eigenvalue weighted by Crippen LogP contribution is -2.38. The molecule has 19 heavy (non-hydrogen) atoms. The summed E-state index contributed by atoms with van der Waals surface area (Å²) in [4.78, 5) is 14.7. The van der Waals surface area contributed by atoms with E-state index in [0.29, 0.717) is 12.2 Å². The number of hydrogen-bond donors (Lipinski definition) is 1. The van der Waals surface area contributed by atoms with Gasteiger partial charge in [-0.1, -0.05) is 5.16 Å². The molecule has 1 spiro atoms. The first-order valence-corrected chi connectivity index (χ1v) is 6.80. The molecule has 0 atom stereocenters. The lowest BCUT2D eigenvalue weighted by molar-refractivity contribution is 0.0706. The van der Waals surface area contributed by atoms with Crippen LogP contribution in [0, 0.1) is 0 Å². The average molecular weight is 284 g/mol. The molecule has 0 radical (unpaired) electrons. The Balaban J connectivity index is 0.00000110. The third kappa shape index (κ3) is 1.87. The monoisotopic (exact) mass is 283 g/mol. The number of nitrogens with zero attached hydrogens (tertiary/aromatic N) is 2. The molecule has 3 heterocycles. The van der Waals surface area contributed by atoms with Crippen LogP contribution in [0.5, 0.6) is 0 Å². The van der Waals surface area contributed by atoms with Crippen LogP contribution in [0.2, 0.25) is 0 Å². The number of nitrogens with one attached hydrogen (secondary N) is 1. The van der Waals surface area contributed by atoms with Gasteiger partial charge in [-0.2, -0.15) is 0 Å². The molecule has 2 aliphatic heterocycles. The van der Waals surface area contributed by atoms with Crippen molar-refractivity contribution < 1.29 is 9.32 Å². The van der Waals surface area contributed by atoms with Gasteiger partial charge >= 0.3 is 0 Å². The number of halogens is 1. The number of amides is 1. The van der Waals surface area contributed by atoms with Crippen molar-refractivity contribution in [3.63, 3.8) is 0 Å². The zero-order chi connectivity index (χ0) is 12.2. The average Bonchev–Trinajstić information content (AvgIpc) is 2.87. The van der Waals surface area contributed by atoms with E-state index in [2.05, 4.69) is 10.5 Å². The van der Waals surface area contributed by atoms with Gasteiger partial charge in [-0.3, -0.25) is 4.79 Å². The fourth-order valence-electron chi connectivity index (χ4n) is 3.35. The minimum absolute atomic E-state index is 0. The molecule has 0 aromatic carbocycles. The Kier molecular flexibility index (Phi) is 3.06. The van der Waals surface area contributed by atoms with E-state index in [9.17, 15) is 4.79 Å². The van der Waals surface area contributed by atoms with Crippen molar-refractivity contribution in [2.45, 2.75) is 44.2 Å². The van der Waals surface area contributed by atoms with Gasteiger partial charge in [-0.05, 0) is 25.7 Å². The fourth-order valence-corrected chi connectivity index (χ4v) is 3.35. The van der Waals surface area contributed by atoms with Gasteiger partial charge in [0.1, 0.15) is 5.76 Å². The number of rotatable bonds is 1. The Bertz CT molecular complexity index is 510. The van der Waals surface area contributed by atoms with Crippen molar-refractivity contribution in [3.05, 3.63) is 17.0 Å². The van der Waals surface area contributed by atoms with Crippen LogP contribution in [0.4, 0.5) is 0 Å². The first-order valence-electron chi connectivity index (χ1n) is 6.80. The fraction of sp³-hybridized carbons (Fsp3) is 0.692. The molecule has 2 fully saturated rings. The number of fused-ring (bicyclic) bond motifs is 1. The summed E-state index contributed by atoms with van der Waals surface area (Å²) in [7, 11) is 0. The van der Waals surface area contributed by atoms with Crippen molar-refractivity contribution >= 4 is 18.3 Å². The standard InChI is InChI=1S/C13H17N3O2.ClH/c17-12(16-7-1-3-13(16)4-5-13)11-9-8-14-6-2-10(9)18-15-11;/h14H,1-8H2;1H. The molecule has 5 nitrogen and oxygen atoms in total. The SMILES string of the molecule is Cl.O=C(c1noc2c1CNCC2)N1CCCC12CC2. The summed E-state index contributed by atoms with van der Waals surface area (Å²) < 4.78 is 5.32. The van der Waals surface area contributed by atoms with Crippen molar-refractivity contribution in [2.24, 2.45) is 0 Å². The summed E-state index contributed by atoms with van der Waals surface area (Å²) in [5.74, 6) is 0.972. The Labute approximate surface area is 118 Å². The van der Waals surface area contributed by atoms with Gasteiger partial charge in [0.05, 0.1) is 0 Å². The highest BCUT2D eigenvalue weighted by Gasteiger charge is 2.53. The van der Waals surface area contributed by atoms with Crippen LogP contribution in [0.25, 0.3) is 0 Å². The van der Waals surface area contributed by atoms with E-state index >= 15 is 0 Å². The summed E-state index contributed by atoms with van der Waals surface area (Å²) in [6.45, 7) is 2.50. The van der Waals surface area contributed by atoms with Crippen LogP contribution in [-0.2, 0) is 13.0 Å². The van der Waals surface area contributed by atoms with Crippen LogP contribution in [0.3, 0.4) is 0 Å². The second-order valence-corrected chi connectivity index (χ2v) is 5.64. The summed E-state index contributed by atoms with van der Waals surface area (Å²) in [5, 5.41) is 7.31. The smallest absolute Gasteiger partial charge is 0.276 e. The molecular formula is C13H18ClN3O2. The Morgan fingerprint density at radius 2 is 2.21 bits per heavy atom. The van der Waals surface area contributed by atoms with E-state index in [-0.39, 0.29) is 23.9 Å². The van der Waals surface area contributed by atoms with Gasteiger partial charge < -0.3 is 14.7 Å². The van der Waals surface area contributed by atoms with Gasteiger partial charge in [0.15, 0.2) is 5.69 Å². The molecular weight excluding hydrogens is 266 g/mol. The second kappa shape index (κ2) is 4.49. The maximum absolute atomic E-state index is 12.6. The van der Waals surface area contributed by atoms with E-state index < -0.39 is 0 Å². The molecule has 1 aromatic heterocycles. The second-order valence-electron chi connectivity index (χ2n) is 5.64. The highest BCUT2D eigenvalue weighted by Crippen LogP contribution is 2.50. The van der Waals surface area contributed by atoms with E-state index in [1.54, 1.807) is 0 Å². The van der Waals surface area contributed by atoms with Crippen molar-refractivity contribution in [2.75, 3.05) is 13.1 Å². The predicted octanol–water partition coefficient (Wildman–Crippen LogP) is 1.51. The molecule has 1 amide bonds. The summed E-state index contributed by atoms with van der Waals surface area (Å²) in [5.41, 5.74) is 1.71. The normalized spacial score (nSPS) is 23.1. The van der Waals surface area contributed by atoms with Gasteiger partial charge in [0, 0.05) is 37.2 Å². The van der Waals surface area contributed by atoms with Gasteiger partial charge in [0.25, 0.3) is 5.91 Å². The van der Waals surface area contributed by atoms with Crippen molar-refractivity contribution in [3.8, 4) is 0 Å². The molecule has 1 N–H and O–H groups in total. The Hall–Kier alpha value is -1.07. The van der Waals surface area contributed by atoms with Crippen molar-refractivity contribution in [1.29, 1.82) is 0 Å². The van der Waals surface area contributed by atoms with Gasteiger partial charge in [-0.25, -0.2) is 0 Å². The third-order valence-corrected chi connectivity index (χ3v) is 4.57. The van der Waals surface area contributed by atoms with E-state index in [4.69, 9.17) is 4.52 Å². The zero-order valence-electron chi connectivity index (χ0n) is 10.8. The maximum Gasteiger partial charge on any atom is 0.276 e. The predicted molar refractivity (Wildman–Crippen MR) is 71.4 cm³/mol. The Morgan fingerprint density at radius 3 is 3.00 bits per heavy atom. The lowest BCUT2D eigenvalue weighted by Gasteiger charge is -2.23. The van der Waals surface area contributed by atoms with Gasteiger partial charge in [-0.15, -0.1) is 12.4 Å². The molecule has 1 aromatic rings. The van der Waals surface area contributed by atoms with Crippen LogP contribution in [0.1, 0.15) is 47.5 Å². The highest BCUT2D eigenvalue weighted by molar-refractivity contribution is 5.95. The third-order valence-electron chi connectivity index (χ3n) is 4.57. The van der Waals surface area contributed by atoms with Crippen LogP contribution in [-0.4, -0.2) is 34.6 Å². The molecule has 1 aliphatic carbocycles. The zero-order valence-corrected chi connectivity index (χ0v) is 11.6. The molecule has 104 valence electrons. The number of hydrogen-bond acceptors (Lipinski definition) is 4. The highest BCUT2D eigenvalue weighted by atomic mass is 35.5. The molecule has 1 saturated carbocycles. The summed E-state index contributed by atoms with van der Waals surface area (Å²) >= 11 is 0. The maximum atomic E-state index is 12.6. The summed E-state index contributed by atoms with van der Waals surface area (Å²) in [6, 6.07) is 0. The number of likely N-dealkylation sites (tertiary alicyclic amines) is 1. The van der Waals surface area contributed by atoms with Crippen LogP contribution in [0.15, 0.2) is 4.52 Å². The minimum atomic E-state index is 0. The topological polar surface area (TPSA) is 58.4 Å². The van der Waals surface area contributed by atoms with E-state index in [1.165, 1.54) is 0 Å². The largest absolute Gasteiger partial charge is 0.360 e.